The molecule has 7 rings (SSSR count). The number of aromatic nitrogens is 5. The van der Waals surface area contributed by atoms with Gasteiger partial charge in [0.2, 0.25) is 0 Å². The summed E-state index contributed by atoms with van der Waals surface area (Å²) in [7, 11) is 5.50. The number of carbonyl (C=O) groups excluding carboxylic acids is 1. The second-order valence-corrected chi connectivity index (χ2v) is 25.2. The number of esters is 1. The lowest BCUT2D eigenvalue weighted by molar-refractivity contribution is 0.0514. The van der Waals surface area contributed by atoms with Crippen molar-refractivity contribution in [1.29, 1.82) is 0 Å². The maximum absolute atomic E-state index is 13.9. The largest absolute Gasteiger partial charge is 0.497 e. The Balaban J connectivity index is 1.16. The van der Waals surface area contributed by atoms with E-state index in [0.29, 0.717) is 56.4 Å². The Morgan fingerprint density at radius 1 is 0.926 bits per heavy atom. The molecule has 0 aliphatic heterocycles. The van der Waals surface area contributed by atoms with Crippen LogP contribution < -0.4 is 9.47 Å². The van der Waals surface area contributed by atoms with Crippen LogP contribution in [0, 0.1) is 6.92 Å². The van der Waals surface area contributed by atoms with Crippen molar-refractivity contribution >= 4 is 59.3 Å². The van der Waals surface area contributed by atoms with Crippen LogP contribution in [-0.4, -0.2) is 81.9 Å². The van der Waals surface area contributed by atoms with Gasteiger partial charge in [-0.25, -0.2) is 4.79 Å². The number of fused-ring (bicyclic) bond motifs is 2. The summed E-state index contributed by atoms with van der Waals surface area (Å²) in [6.45, 7) is 17.5. The molecule has 3 heterocycles. The summed E-state index contributed by atoms with van der Waals surface area (Å²) in [5, 5.41) is 23.9. The van der Waals surface area contributed by atoms with E-state index in [9.17, 15) is 9.90 Å². The van der Waals surface area contributed by atoms with Gasteiger partial charge in [0.05, 0.1) is 61.2 Å². The molecule has 0 unspecified atom stereocenters. The summed E-state index contributed by atoms with van der Waals surface area (Å²) >= 11 is 9.03. The normalized spacial score (nSPS) is 12.2. The molecule has 0 saturated heterocycles. The van der Waals surface area contributed by atoms with E-state index >= 15 is 0 Å². The van der Waals surface area contributed by atoms with Crippen LogP contribution in [-0.2, 0) is 62.2 Å². The highest BCUT2D eigenvalue weighted by Gasteiger charge is 2.37. The smallest absolute Gasteiger partial charge is 0.355 e. The maximum Gasteiger partial charge on any atom is 0.355 e. The number of nitrogens with zero attached hydrogens (tertiary/aromatic N) is 6. The van der Waals surface area contributed by atoms with Crippen molar-refractivity contribution in [3.63, 3.8) is 0 Å². The molecule has 68 heavy (non-hydrogen) atoms. The Hall–Kier alpha value is -5.09. The quantitative estimate of drug-likeness (QED) is 0.0323. The van der Waals surface area contributed by atoms with Crippen molar-refractivity contribution in [2.75, 3.05) is 33.5 Å². The van der Waals surface area contributed by atoms with Gasteiger partial charge in [0, 0.05) is 79.0 Å². The monoisotopic (exact) mass is 978 g/mol. The molecule has 0 aliphatic carbocycles. The van der Waals surface area contributed by atoms with Crippen molar-refractivity contribution < 1.29 is 28.5 Å². The zero-order valence-corrected chi connectivity index (χ0v) is 44.1. The fourth-order valence-electron chi connectivity index (χ4n) is 8.49. The lowest BCUT2D eigenvalue weighted by Crippen LogP contribution is -2.40. The van der Waals surface area contributed by atoms with E-state index in [2.05, 4.69) is 81.2 Å². The second kappa shape index (κ2) is 21.7. The molecular weight excluding hydrogens is 912 g/mol. The van der Waals surface area contributed by atoms with Crippen LogP contribution in [0.25, 0.3) is 32.8 Å². The average molecular weight is 980 g/mol. The van der Waals surface area contributed by atoms with Gasteiger partial charge in [-0.05, 0) is 97.7 Å². The average Bonchev–Trinajstić information content (AvgIpc) is 3.90. The van der Waals surface area contributed by atoms with Gasteiger partial charge in [-0.2, -0.15) is 10.2 Å². The van der Waals surface area contributed by atoms with E-state index in [1.165, 1.54) is 5.56 Å². The number of ether oxygens (including phenoxy) is 3. The number of hydrogen-bond donors (Lipinski definition) is 1. The number of thioether (sulfide) groups is 1. The van der Waals surface area contributed by atoms with Crippen LogP contribution in [0.5, 0.6) is 11.5 Å². The molecule has 362 valence electrons. The van der Waals surface area contributed by atoms with Gasteiger partial charge in [-0.1, -0.05) is 74.8 Å². The van der Waals surface area contributed by atoms with E-state index in [-0.39, 0.29) is 18.3 Å². The lowest BCUT2D eigenvalue weighted by atomic mass is 9.97. The SMILES string of the molecule is CCOC(=O)c1c(CCCOc2cc(SCc3ccc(OC)cc3)cc3ccccc23)c2ccc(Cl)c(-c3c(CN(CCO)Cc4cc(CO[Si](C)(C)C(C)(C)C)n(C)n4)nn(C)c3C)c2n1C. The molecule has 0 spiro atoms. The first-order valence-electron chi connectivity index (χ1n) is 23.3. The number of methoxy groups -OCH3 is 1. The number of carbonyl (C=O) groups is 1. The van der Waals surface area contributed by atoms with Crippen LogP contribution in [0.2, 0.25) is 23.2 Å². The van der Waals surface area contributed by atoms with Gasteiger partial charge in [-0.3, -0.25) is 14.3 Å². The molecule has 3 aromatic heterocycles. The molecule has 0 radical (unpaired) electrons. The van der Waals surface area contributed by atoms with Crippen molar-refractivity contribution in [2.45, 2.75) is 95.9 Å². The third-order valence-electron chi connectivity index (χ3n) is 13.3. The minimum atomic E-state index is -1.97. The van der Waals surface area contributed by atoms with Gasteiger partial charge in [-0.15, -0.1) is 11.8 Å². The van der Waals surface area contributed by atoms with Crippen LogP contribution >= 0.6 is 23.4 Å². The summed E-state index contributed by atoms with van der Waals surface area (Å²) in [6, 6.07) is 26.8. The van der Waals surface area contributed by atoms with Crippen LogP contribution in [0.4, 0.5) is 0 Å². The molecule has 4 aromatic carbocycles. The lowest BCUT2D eigenvalue weighted by Gasteiger charge is -2.36. The molecule has 0 bridgehead atoms. The number of aliphatic hydroxyl groups excluding tert-OH is 1. The fourth-order valence-corrected chi connectivity index (χ4v) is 10.6. The third kappa shape index (κ3) is 11.2. The Kier molecular flexibility index (Phi) is 16.2. The number of aryl methyl sites for hydroxylation is 4. The number of rotatable bonds is 21. The zero-order valence-electron chi connectivity index (χ0n) is 41.5. The van der Waals surface area contributed by atoms with E-state index in [4.69, 9.17) is 40.4 Å². The van der Waals surface area contributed by atoms with Crippen LogP contribution in [0.1, 0.15) is 78.5 Å². The predicted molar refractivity (Wildman–Crippen MR) is 278 cm³/mol. The minimum absolute atomic E-state index is 0.0370. The molecule has 0 fully saturated rings. The van der Waals surface area contributed by atoms with E-state index in [1.807, 2.05) is 85.3 Å². The molecule has 0 amide bonds. The second-order valence-electron chi connectivity index (χ2n) is 18.9. The third-order valence-corrected chi connectivity index (χ3v) is 19.2. The summed E-state index contributed by atoms with van der Waals surface area (Å²) in [4.78, 5) is 17.2. The van der Waals surface area contributed by atoms with Gasteiger partial charge in [0.15, 0.2) is 8.32 Å². The zero-order chi connectivity index (χ0) is 48.9. The topological polar surface area (TPSA) is 118 Å². The fraction of sp³-hybridized carbons (Fsp3) is 0.415. The summed E-state index contributed by atoms with van der Waals surface area (Å²) in [6.07, 6.45) is 1.21. The first-order valence-corrected chi connectivity index (χ1v) is 27.6. The van der Waals surface area contributed by atoms with Crippen molar-refractivity contribution in [2.24, 2.45) is 21.1 Å². The van der Waals surface area contributed by atoms with Crippen LogP contribution in [0.15, 0.2) is 83.8 Å². The maximum atomic E-state index is 13.9. The van der Waals surface area contributed by atoms with E-state index in [1.54, 1.807) is 18.9 Å². The molecule has 0 atom stereocenters. The van der Waals surface area contributed by atoms with E-state index in [0.717, 1.165) is 83.3 Å². The summed E-state index contributed by atoms with van der Waals surface area (Å²) < 4.78 is 29.9. The molecule has 1 N–H and O–H groups in total. The molecule has 15 heteroatoms. The Labute approximate surface area is 411 Å². The standard InChI is InChI=1S/C53H67ClN6O6SSi/c1-12-64-52(62)51-43(18-15-27-65-47-30-41(28-37-16-13-14-17-42(37)47)67-34-36-19-21-40(63-9)22-20-36)44-23-24-45(54)49(50(44)57(51)6)48-35(2)58(7)56-46(48)32-60(25-26-61)31-38-29-39(59(8)55-38)33-66-68(10,11)53(3,4)5/h13-14,16-17,19-24,28-30,61H,12,15,18,25-27,31-34H2,1-11H3. The molecule has 0 saturated carbocycles. The number of aliphatic hydroxyl groups is 1. The van der Waals surface area contributed by atoms with E-state index < -0.39 is 14.3 Å². The summed E-state index contributed by atoms with van der Waals surface area (Å²) in [5.41, 5.74) is 8.69. The van der Waals surface area contributed by atoms with Crippen molar-refractivity contribution in [3.05, 3.63) is 123 Å². The van der Waals surface area contributed by atoms with Gasteiger partial charge in [0.1, 0.15) is 17.2 Å². The first-order chi connectivity index (χ1) is 32.4. The highest BCUT2D eigenvalue weighted by molar-refractivity contribution is 7.98. The highest BCUT2D eigenvalue weighted by atomic mass is 35.5. The predicted octanol–water partition coefficient (Wildman–Crippen LogP) is 11.4. The molecule has 7 aromatic rings. The van der Waals surface area contributed by atoms with Crippen molar-refractivity contribution in [3.8, 4) is 22.6 Å². The highest BCUT2D eigenvalue weighted by Crippen LogP contribution is 2.43. The van der Waals surface area contributed by atoms with Gasteiger partial charge < -0.3 is 28.3 Å². The Morgan fingerprint density at radius 2 is 1.68 bits per heavy atom. The minimum Gasteiger partial charge on any atom is -0.497 e. The number of benzene rings is 4. The molecular formula is C53H67ClN6O6SSi. The van der Waals surface area contributed by atoms with Gasteiger partial charge >= 0.3 is 5.97 Å². The Bertz CT molecular complexity index is 2880. The summed E-state index contributed by atoms with van der Waals surface area (Å²) in [5.74, 6) is 2.09. The molecule has 12 nitrogen and oxygen atoms in total. The molecule has 0 aliphatic rings. The van der Waals surface area contributed by atoms with Crippen molar-refractivity contribution in [1.82, 2.24) is 29.0 Å². The number of hydrogen-bond acceptors (Lipinski definition) is 10. The first kappa shape index (κ1) is 50.8. The van der Waals surface area contributed by atoms with Crippen LogP contribution in [0.3, 0.4) is 0 Å². The van der Waals surface area contributed by atoms with Gasteiger partial charge in [0.25, 0.3) is 0 Å². The number of halogens is 1. The Morgan fingerprint density at radius 3 is 2.38 bits per heavy atom.